The Morgan fingerprint density at radius 1 is 1.36 bits per heavy atom. The molecule has 0 saturated carbocycles. The number of aliphatic hydroxyl groups excluding tert-OH is 1. The number of halogens is 2. The third-order valence-corrected chi connectivity index (χ3v) is 2.28. The van der Waals surface area contributed by atoms with Crippen molar-refractivity contribution in [2.24, 2.45) is 5.41 Å². The predicted octanol–water partition coefficient (Wildman–Crippen LogP) is 0.740. The number of hydrogen-bond donors (Lipinski definition) is 2. The first-order valence-electron chi connectivity index (χ1n) is 3.70. The fourth-order valence-electron chi connectivity index (χ4n) is 1.29. The van der Waals surface area contributed by atoms with Gasteiger partial charge >= 0.3 is 0 Å². The van der Waals surface area contributed by atoms with E-state index in [9.17, 15) is 4.39 Å². The zero-order valence-corrected chi connectivity index (χ0v) is 7.29. The van der Waals surface area contributed by atoms with Crippen LogP contribution >= 0.6 is 12.4 Å². The van der Waals surface area contributed by atoms with Crippen molar-refractivity contribution in [2.45, 2.75) is 12.8 Å². The second-order valence-corrected chi connectivity index (χ2v) is 3.04. The van der Waals surface area contributed by atoms with E-state index in [0.717, 1.165) is 25.9 Å². The Bertz CT molecular complexity index is 101. The number of rotatable bonds is 2. The van der Waals surface area contributed by atoms with Crippen LogP contribution in [0, 0.1) is 5.41 Å². The van der Waals surface area contributed by atoms with Crippen molar-refractivity contribution < 1.29 is 9.50 Å². The summed E-state index contributed by atoms with van der Waals surface area (Å²) in [6, 6.07) is 0. The SMILES string of the molecule is Cl.OCC1(CF)CCNCC1. The summed E-state index contributed by atoms with van der Waals surface area (Å²) in [5, 5.41) is 12.0. The minimum atomic E-state index is -0.411. The van der Waals surface area contributed by atoms with E-state index in [1.165, 1.54) is 0 Å². The van der Waals surface area contributed by atoms with E-state index in [-0.39, 0.29) is 25.7 Å². The Kier molecular flexibility index (Phi) is 4.97. The molecule has 11 heavy (non-hydrogen) atoms. The Morgan fingerprint density at radius 2 is 1.91 bits per heavy atom. The minimum Gasteiger partial charge on any atom is -0.396 e. The van der Waals surface area contributed by atoms with Crippen LogP contribution in [-0.2, 0) is 0 Å². The summed E-state index contributed by atoms with van der Waals surface area (Å²) in [5.74, 6) is 0. The van der Waals surface area contributed by atoms with Gasteiger partial charge < -0.3 is 10.4 Å². The van der Waals surface area contributed by atoms with Crippen molar-refractivity contribution in [3.05, 3.63) is 0 Å². The maximum absolute atomic E-state index is 12.3. The zero-order valence-electron chi connectivity index (χ0n) is 6.48. The van der Waals surface area contributed by atoms with Crippen LogP contribution in [0.25, 0.3) is 0 Å². The van der Waals surface area contributed by atoms with Gasteiger partial charge in [-0.05, 0) is 25.9 Å². The van der Waals surface area contributed by atoms with E-state index in [1.807, 2.05) is 0 Å². The first kappa shape index (κ1) is 11.1. The molecular formula is C7H15ClFNO. The molecule has 1 saturated heterocycles. The third kappa shape index (κ3) is 2.58. The lowest BCUT2D eigenvalue weighted by molar-refractivity contribution is 0.0626. The number of alkyl halides is 1. The summed E-state index contributed by atoms with van der Waals surface area (Å²) >= 11 is 0. The zero-order chi connectivity index (χ0) is 7.45. The molecule has 0 amide bonds. The van der Waals surface area contributed by atoms with Gasteiger partial charge in [0.1, 0.15) is 0 Å². The van der Waals surface area contributed by atoms with Crippen molar-refractivity contribution in [3.63, 3.8) is 0 Å². The second kappa shape index (κ2) is 4.91. The molecule has 1 rings (SSSR count). The van der Waals surface area contributed by atoms with Crippen molar-refractivity contribution >= 4 is 12.4 Å². The van der Waals surface area contributed by atoms with E-state index in [2.05, 4.69) is 5.32 Å². The quantitative estimate of drug-likeness (QED) is 0.662. The minimum absolute atomic E-state index is 0. The molecular weight excluding hydrogens is 169 g/mol. The molecule has 0 aromatic carbocycles. The standard InChI is InChI=1S/C7H14FNO.ClH/c8-5-7(6-10)1-3-9-4-2-7;/h9-10H,1-6H2;1H. The maximum atomic E-state index is 12.3. The van der Waals surface area contributed by atoms with E-state index in [4.69, 9.17) is 5.11 Å². The predicted molar refractivity (Wildman–Crippen MR) is 44.8 cm³/mol. The first-order chi connectivity index (χ1) is 4.83. The van der Waals surface area contributed by atoms with Crippen molar-refractivity contribution in [2.75, 3.05) is 26.4 Å². The van der Waals surface area contributed by atoms with E-state index in [0.29, 0.717) is 0 Å². The number of aliphatic hydroxyl groups is 1. The summed E-state index contributed by atoms with van der Waals surface area (Å²) in [6.45, 7) is 1.28. The molecule has 0 spiro atoms. The second-order valence-electron chi connectivity index (χ2n) is 3.04. The molecule has 1 aliphatic heterocycles. The highest BCUT2D eigenvalue weighted by Crippen LogP contribution is 2.27. The lowest BCUT2D eigenvalue weighted by Crippen LogP contribution is -2.40. The van der Waals surface area contributed by atoms with Gasteiger partial charge in [0.05, 0.1) is 13.3 Å². The monoisotopic (exact) mass is 183 g/mol. The van der Waals surface area contributed by atoms with Gasteiger partial charge in [0, 0.05) is 5.41 Å². The van der Waals surface area contributed by atoms with Crippen LogP contribution in [0.1, 0.15) is 12.8 Å². The van der Waals surface area contributed by atoms with Gasteiger partial charge in [-0.1, -0.05) is 0 Å². The summed E-state index contributed by atoms with van der Waals surface area (Å²) < 4.78 is 12.3. The fraction of sp³-hybridized carbons (Fsp3) is 1.00. The maximum Gasteiger partial charge on any atom is 0.0973 e. The molecule has 0 aromatic heterocycles. The molecule has 2 nitrogen and oxygen atoms in total. The Balaban J connectivity index is 0.000001000. The summed E-state index contributed by atoms with van der Waals surface area (Å²) in [7, 11) is 0. The van der Waals surface area contributed by atoms with Gasteiger partial charge in [0.2, 0.25) is 0 Å². The fourth-order valence-corrected chi connectivity index (χ4v) is 1.29. The lowest BCUT2D eigenvalue weighted by atomic mass is 9.81. The highest BCUT2D eigenvalue weighted by atomic mass is 35.5. The van der Waals surface area contributed by atoms with Crippen LogP contribution in [0.3, 0.4) is 0 Å². The molecule has 4 heteroatoms. The Labute approximate surface area is 72.6 Å². The molecule has 0 atom stereocenters. The van der Waals surface area contributed by atoms with Crippen molar-refractivity contribution in [3.8, 4) is 0 Å². The van der Waals surface area contributed by atoms with Gasteiger partial charge in [-0.15, -0.1) is 12.4 Å². The Hall–Kier alpha value is 0.140. The van der Waals surface area contributed by atoms with Gasteiger partial charge in [-0.2, -0.15) is 0 Å². The van der Waals surface area contributed by atoms with Crippen LogP contribution in [-0.4, -0.2) is 31.5 Å². The Morgan fingerprint density at radius 3 is 2.18 bits per heavy atom. The average Bonchev–Trinajstić information content (AvgIpc) is 2.06. The van der Waals surface area contributed by atoms with Crippen LogP contribution in [0.15, 0.2) is 0 Å². The van der Waals surface area contributed by atoms with Crippen LogP contribution in [0.2, 0.25) is 0 Å². The number of hydrogen-bond acceptors (Lipinski definition) is 2. The summed E-state index contributed by atoms with van der Waals surface area (Å²) in [6.07, 6.45) is 1.53. The van der Waals surface area contributed by atoms with Gasteiger partial charge in [-0.25, -0.2) is 0 Å². The van der Waals surface area contributed by atoms with Gasteiger partial charge in [0.15, 0.2) is 0 Å². The molecule has 1 aliphatic rings. The normalized spacial score (nSPS) is 22.4. The average molecular weight is 184 g/mol. The van der Waals surface area contributed by atoms with E-state index in [1.54, 1.807) is 0 Å². The first-order valence-corrected chi connectivity index (χ1v) is 3.70. The number of piperidine rings is 1. The van der Waals surface area contributed by atoms with Crippen molar-refractivity contribution in [1.82, 2.24) is 5.32 Å². The summed E-state index contributed by atoms with van der Waals surface area (Å²) in [5.41, 5.74) is -0.411. The molecule has 0 radical (unpaired) electrons. The van der Waals surface area contributed by atoms with Gasteiger partial charge in [-0.3, -0.25) is 4.39 Å². The lowest BCUT2D eigenvalue weighted by Gasteiger charge is -2.32. The van der Waals surface area contributed by atoms with Crippen molar-refractivity contribution in [1.29, 1.82) is 0 Å². The van der Waals surface area contributed by atoms with Crippen LogP contribution in [0.4, 0.5) is 4.39 Å². The molecule has 0 aliphatic carbocycles. The third-order valence-electron chi connectivity index (χ3n) is 2.28. The molecule has 1 heterocycles. The molecule has 2 N–H and O–H groups in total. The highest BCUT2D eigenvalue weighted by Gasteiger charge is 2.30. The number of nitrogens with one attached hydrogen (secondary N) is 1. The molecule has 0 aromatic rings. The molecule has 0 bridgehead atoms. The van der Waals surface area contributed by atoms with E-state index >= 15 is 0 Å². The largest absolute Gasteiger partial charge is 0.396 e. The molecule has 0 unspecified atom stereocenters. The van der Waals surface area contributed by atoms with Crippen LogP contribution in [0.5, 0.6) is 0 Å². The molecule has 1 fully saturated rings. The van der Waals surface area contributed by atoms with Gasteiger partial charge in [0.25, 0.3) is 0 Å². The van der Waals surface area contributed by atoms with Crippen LogP contribution < -0.4 is 5.32 Å². The smallest absolute Gasteiger partial charge is 0.0973 e. The highest BCUT2D eigenvalue weighted by molar-refractivity contribution is 5.85. The summed E-state index contributed by atoms with van der Waals surface area (Å²) in [4.78, 5) is 0. The van der Waals surface area contributed by atoms with E-state index < -0.39 is 5.41 Å². The topological polar surface area (TPSA) is 32.3 Å². The molecule has 68 valence electrons.